The van der Waals surface area contributed by atoms with Crippen molar-refractivity contribution in [3.8, 4) is 0 Å². The Kier molecular flexibility index (Phi) is 3.75. The Balaban J connectivity index is 2.11. The molecular weight excluding hydrogens is 244 g/mol. The van der Waals surface area contributed by atoms with E-state index in [9.17, 15) is 9.59 Å². The Morgan fingerprint density at radius 3 is 2.84 bits per heavy atom. The number of hydrogen-bond acceptors (Lipinski definition) is 3. The van der Waals surface area contributed by atoms with Gasteiger partial charge in [0.25, 0.3) is 5.91 Å². The van der Waals surface area contributed by atoms with Gasteiger partial charge in [0.05, 0.1) is 17.0 Å². The van der Waals surface area contributed by atoms with Crippen molar-refractivity contribution < 1.29 is 14.7 Å². The first kappa shape index (κ1) is 13.0. The number of rotatable bonds is 4. The minimum atomic E-state index is -0.933. The monoisotopic (exact) mass is 258 g/mol. The van der Waals surface area contributed by atoms with E-state index in [2.05, 4.69) is 10.3 Å². The fourth-order valence-corrected chi connectivity index (χ4v) is 1.63. The first-order valence-corrected chi connectivity index (χ1v) is 5.93. The molecule has 2 rings (SSSR count). The number of pyridine rings is 1. The van der Waals surface area contributed by atoms with Crippen LogP contribution in [0.25, 0.3) is 10.9 Å². The van der Waals surface area contributed by atoms with Crippen molar-refractivity contribution in [2.75, 3.05) is 6.54 Å². The van der Waals surface area contributed by atoms with Gasteiger partial charge in [0.2, 0.25) is 0 Å². The van der Waals surface area contributed by atoms with Gasteiger partial charge in [0, 0.05) is 18.1 Å². The summed E-state index contributed by atoms with van der Waals surface area (Å²) in [6, 6.07) is 9.23. The normalized spacial score (nSPS) is 12.1. The summed E-state index contributed by atoms with van der Waals surface area (Å²) in [5.74, 6) is -1.86. The van der Waals surface area contributed by atoms with Gasteiger partial charge in [-0.3, -0.25) is 14.6 Å². The standard InChI is InChI=1S/C14H14N2O3/c1-9(14(18)19)7-16-13(17)11-6-10-4-2-3-5-12(10)15-8-11/h2-6,8-9H,7H2,1H3,(H,16,17)(H,18,19). The van der Waals surface area contributed by atoms with Crippen molar-refractivity contribution >= 4 is 22.8 Å². The van der Waals surface area contributed by atoms with Gasteiger partial charge in [0.15, 0.2) is 0 Å². The number of benzene rings is 1. The fourth-order valence-electron chi connectivity index (χ4n) is 1.63. The van der Waals surface area contributed by atoms with Gasteiger partial charge in [-0.15, -0.1) is 0 Å². The summed E-state index contributed by atoms with van der Waals surface area (Å²) in [5.41, 5.74) is 1.24. The van der Waals surface area contributed by atoms with Crippen LogP contribution in [0, 0.1) is 5.92 Å². The van der Waals surface area contributed by atoms with Crippen molar-refractivity contribution in [3.63, 3.8) is 0 Å². The molecule has 0 aliphatic rings. The molecule has 0 saturated carbocycles. The first-order valence-electron chi connectivity index (χ1n) is 5.93. The number of aliphatic carboxylic acids is 1. The lowest BCUT2D eigenvalue weighted by atomic mass is 10.1. The predicted molar refractivity (Wildman–Crippen MR) is 70.9 cm³/mol. The number of nitrogens with one attached hydrogen (secondary N) is 1. The van der Waals surface area contributed by atoms with Crippen LogP contribution in [-0.2, 0) is 4.79 Å². The van der Waals surface area contributed by atoms with Crippen LogP contribution in [0.1, 0.15) is 17.3 Å². The summed E-state index contributed by atoms with van der Waals surface area (Å²) in [6.07, 6.45) is 1.49. The molecule has 0 radical (unpaired) electrons. The molecule has 0 aliphatic heterocycles. The zero-order valence-electron chi connectivity index (χ0n) is 10.5. The summed E-state index contributed by atoms with van der Waals surface area (Å²) in [7, 11) is 0. The van der Waals surface area contributed by atoms with E-state index < -0.39 is 11.9 Å². The highest BCUT2D eigenvalue weighted by molar-refractivity contribution is 5.97. The quantitative estimate of drug-likeness (QED) is 0.874. The van der Waals surface area contributed by atoms with E-state index in [1.807, 2.05) is 24.3 Å². The second-order valence-corrected chi connectivity index (χ2v) is 4.37. The molecule has 1 aromatic heterocycles. The molecule has 5 heteroatoms. The number of aromatic nitrogens is 1. The molecule has 2 aromatic rings. The van der Waals surface area contributed by atoms with E-state index in [-0.39, 0.29) is 12.5 Å². The molecule has 98 valence electrons. The van der Waals surface area contributed by atoms with Gasteiger partial charge in [-0.25, -0.2) is 0 Å². The van der Waals surface area contributed by atoms with Gasteiger partial charge >= 0.3 is 5.97 Å². The third kappa shape index (κ3) is 3.07. The van der Waals surface area contributed by atoms with Crippen molar-refractivity contribution in [2.45, 2.75) is 6.92 Å². The van der Waals surface area contributed by atoms with Crippen LogP contribution in [0.2, 0.25) is 0 Å². The van der Waals surface area contributed by atoms with Gasteiger partial charge in [-0.2, -0.15) is 0 Å². The summed E-state index contributed by atoms with van der Waals surface area (Å²) < 4.78 is 0. The predicted octanol–water partition coefficient (Wildman–Crippen LogP) is 1.69. The van der Waals surface area contributed by atoms with Crippen LogP contribution in [0.3, 0.4) is 0 Å². The van der Waals surface area contributed by atoms with Crippen LogP contribution >= 0.6 is 0 Å². The largest absolute Gasteiger partial charge is 0.481 e. The van der Waals surface area contributed by atoms with Crippen LogP contribution in [0.5, 0.6) is 0 Å². The molecule has 2 N–H and O–H groups in total. The molecule has 0 aliphatic carbocycles. The second kappa shape index (κ2) is 5.48. The van der Waals surface area contributed by atoms with Crippen LogP contribution in [0.15, 0.2) is 36.5 Å². The van der Waals surface area contributed by atoms with Crippen LogP contribution in [-0.4, -0.2) is 28.5 Å². The Hall–Kier alpha value is -2.43. The fraction of sp³-hybridized carbons (Fsp3) is 0.214. The number of carbonyl (C=O) groups is 2. The molecular formula is C14H14N2O3. The van der Waals surface area contributed by atoms with Crippen LogP contribution < -0.4 is 5.32 Å². The molecule has 1 atom stereocenters. The molecule has 0 saturated heterocycles. The zero-order valence-corrected chi connectivity index (χ0v) is 10.5. The van der Waals surface area contributed by atoms with Crippen molar-refractivity contribution in [2.24, 2.45) is 5.92 Å². The minimum Gasteiger partial charge on any atom is -0.481 e. The molecule has 1 aromatic carbocycles. The highest BCUT2D eigenvalue weighted by Crippen LogP contribution is 2.12. The molecule has 0 spiro atoms. The van der Waals surface area contributed by atoms with Crippen molar-refractivity contribution in [1.29, 1.82) is 0 Å². The van der Waals surface area contributed by atoms with Gasteiger partial charge in [-0.1, -0.05) is 25.1 Å². The van der Waals surface area contributed by atoms with E-state index >= 15 is 0 Å². The minimum absolute atomic E-state index is 0.0982. The lowest BCUT2D eigenvalue weighted by Gasteiger charge is -2.08. The average Bonchev–Trinajstić information content (AvgIpc) is 2.43. The molecule has 0 bridgehead atoms. The van der Waals surface area contributed by atoms with E-state index in [4.69, 9.17) is 5.11 Å². The molecule has 0 fully saturated rings. The number of para-hydroxylation sites is 1. The molecule has 1 amide bonds. The van der Waals surface area contributed by atoms with E-state index in [1.54, 1.807) is 13.0 Å². The summed E-state index contributed by atoms with van der Waals surface area (Å²) in [5, 5.41) is 12.2. The summed E-state index contributed by atoms with van der Waals surface area (Å²) in [4.78, 5) is 26.7. The lowest BCUT2D eigenvalue weighted by molar-refractivity contribution is -0.140. The Labute approximate surface area is 110 Å². The summed E-state index contributed by atoms with van der Waals surface area (Å²) in [6.45, 7) is 1.64. The Morgan fingerprint density at radius 2 is 2.11 bits per heavy atom. The maximum Gasteiger partial charge on any atom is 0.308 e. The average molecular weight is 258 g/mol. The van der Waals surface area contributed by atoms with E-state index in [1.165, 1.54) is 6.20 Å². The van der Waals surface area contributed by atoms with Crippen molar-refractivity contribution in [3.05, 3.63) is 42.1 Å². The van der Waals surface area contributed by atoms with E-state index in [0.717, 1.165) is 10.9 Å². The second-order valence-electron chi connectivity index (χ2n) is 4.37. The number of nitrogens with zero attached hydrogens (tertiary/aromatic N) is 1. The number of fused-ring (bicyclic) bond motifs is 1. The third-order valence-electron chi connectivity index (χ3n) is 2.84. The number of carboxylic acids is 1. The maximum atomic E-state index is 11.9. The topological polar surface area (TPSA) is 79.3 Å². The lowest BCUT2D eigenvalue weighted by Crippen LogP contribution is -2.31. The highest BCUT2D eigenvalue weighted by Gasteiger charge is 2.13. The third-order valence-corrected chi connectivity index (χ3v) is 2.84. The summed E-state index contributed by atoms with van der Waals surface area (Å²) >= 11 is 0. The molecule has 19 heavy (non-hydrogen) atoms. The van der Waals surface area contributed by atoms with Gasteiger partial charge in [0.1, 0.15) is 0 Å². The van der Waals surface area contributed by atoms with E-state index in [0.29, 0.717) is 5.56 Å². The Bertz CT molecular complexity index is 625. The first-order chi connectivity index (χ1) is 9.08. The number of carbonyl (C=O) groups excluding carboxylic acids is 1. The molecule has 1 heterocycles. The van der Waals surface area contributed by atoms with Gasteiger partial charge in [-0.05, 0) is 12.1 Å². The van der Waals surface area contributed by atoms with Gasteiger partial charge < -0.3 is 10.4 Å². The SMILES string of the molecule is CC(CNC(=O)c1cnc2ccccc2c1)C(=O)O. The zero-order chi connectivity index (χ0) is 13.8. The molecule has 5 nitrogen and oxygen atoms in total. The Morgan fingerprint density at radius 1 is 1.37 bits per heavy atom. The van der Waals surface area contributed by atoms with Crippen molar-refractivity contribution in [1.82, 2.24) is 10.3 Å². The number of hydrogen-bond donors (Lipinski definition) is 2. The number of carboxylic acid groups (broad SMARTS) is 1. The smallest absolute Gasteiger partial charge is 0.308 e. The molecule has 1 unspecified atom stereocenters. The number of amides is 1. The maximum absolute atomic E-state index is 11.9. The van der Waals surface area contributed by atoms with Crippen LogP contribution in [0.4, 0.5) is 0 Å². The highest BCUT2D eigenvalue weighted by atomic mass is 16.4.